The molecule has 29 heavy (non-hydrogen) atoms. The lowest BCUT2D eigenvalue weighted by Crippen LogP contribution is -2.46. The lowest BCUT2D eigenvalue weighted by atomic mass is 9.88. The molecule has 2 heterocycles. The molecule has 2 atom stereocenters. The molecule has 6 nitrogen and oxygen atoms in total. The third-order valence-electron chi connectivity index (χ3n) is 4.73. The number of halogens is 4. The zero-order chi connectivity index (χ0) is 21.2. The van der Waals surface area contributed by atoms with Crippen LogP contribution in [0.1, 0.15) is 43.9 Å². The van der Waals surface area contributed by atoms with Gasteiger partial charge in [0, 0.05) is 6.04 Å². The number of anilines is 2. The molecule has 1 aliphatic rings. The van der Waals surface area contributed by atoms with Crippen LogP contribution in [-0.4, -0.2) is 28.7 Å². The first-order valence-electron chi connectivity index (χ1n) is 9.15. The smallest absolute Gasteiger partial charge is 0.416 e. The maximum Gasteiger partial charge on any atom is 0.416 e. The topological polar surface area (TPSA) is 67.3 Å². The maximum absolute atomic E-state index is 13.3. The third-order valence-corrected chi connectivity index (χ3v) is 4.91. The molecule has 0 saturated carbocycles. The molecule has 2 aromatic rings. The number of fused-ring (bicyclic) bond motifs is 1. The van der Waals surface area contributed by atoms with E-state index in [0.717, 1.165) is 12.1 Å². The Kier molecular flexibility index (Phi) is 6.16. The molecule has 1 aromatic carbocycles. The molecule has 3 rings (SSSR count). The van der Waals surface area contributed by atoms with Crippen LogP contribution in [0.4, 0.5) is 29.5 Å². The van der Waals surface area contributed by atoms with Crippen molar-refractivity contribution in [3.63, 3.8) is 0 Å². The van der Waals surface area contributed by atoms with E-state index in [9.17, 15) is 18.0 Å². The van der Waals surface area contributed by atoms with Crippen LogP contribution in [-0.2, 0) is 10.9 Å². The SMILES string of the molecule is CCOC(=O)N1c2ccc(C(F)(F)F)cc2[C@@H](Nc2cncc(Cl)n2)C[C@H]1CC. The van der Waals surface area contributed by atoms with Gasteiger partial charge in [-0.2, -0.15) is 13.2 Å². The van der Waals surface area contributed by atoms with Gasteiger partial charge < -0.3 is 10.1 Å². The molecule has 0 radical (unpaired) electrons. The van der Waals surface area contributed by atoms with Crippen LogP contribution in [0.25, 0.3) is 0 Å². The first-order chi connectivity index (χ1) is 13.7. The first kappa shape index (κ1) is 21.2. The Morgan fingerprint density at radius 3 is 2.72 bits per heavy atom. The number of carbonyl (C=O) groups is 1. The number of amides is 1. The standard InChI is InChI=1S/C19H20ClF3N4O2/c1-3-12-8-14(25-17-10-24-9-16(20)26-17)13-7-11(19(21,22)23)5-6-15(13)27(12)18(28)29-4-2/h5-7,9-10,12,14H,3-4,8H2,1-2H3,(H,25,26)/t12-,14+/m1/s1. The van der Waals surface area contributed by atoms with Gasteiger partial charge in [-0.15, -0.1) is 0 Å². The van der Waals surface area contributed by atoms with E-state index in [0.29, 0.717) is 29.9 Å². The van der Waals surface area contributed by atoms with Crippen molar-refractivity contribution in [1.82, 2.24) is 9.97 Å². The molecule has 0 fully saturated rings. The Morgan fingerprint density at radius 2 is 2.10 bits per heavy atom. The van der Waals surface area contributed by atoms with Crippen molar-refractivity contribution in [3.05, 3.63) is 46.9 Å². The van der Waals surface area contributed by atoms with Gasteiger partial charge in [0.15, 0.2) is 0 Å². The number of nitrogens with one attached hydrogen (secondary N) is 1. The van der Waals surface area contributed by atoms with Crippen molar-refractivity contribution in [2.45, 2.75) is 44.9 Å². The second-order valence-electron chi connectivity index (χ2n) is 6.56. The normalized spacial score (nSPS) is 18.9. The lowest BCUT2D eigenvalue weighted by Gasteiger charge is -2.40. The molecule has 0 bridgehead atoms. The minimum absolute atomic E-state index is 0.162. The minimum Gasteiger partial charge on any atom is -0.449 e. The fourth-order valence-corrected chi connectivity index (χ4v) is 3.59. The Balaban J connectivity index is 2.08. The Labute approximate surface area is 171 Å². The quantitative estimate of drug-likeness (QED) is 0.701. The van der Waals surface area contributed by atoms with E-state index in [1.807, 2.05) is 6.92 Å². The molecular weight excluding hydrogens is 409 g/mol. The maximum atomic E-state index is 13.3. The van der Waals surface area contributed by atoms with Gasteiger partial charge in [0.05, 0.1) is 36.3 Å². The molecule has 1 N–H and O–H groups in total. The highest BCUT2D eigenvalue weighted by atomic mass is 35.5. The molecular formula is C19H20ClF3N4O2. The van der Waals surface area contributed by atoms with E-state index in [-0.39, 0.29) is 17.8 Å². The average molecular weight is 429 g/mol. The van der Waals surface area contributed by atoms with Crippen LogP contribution >= 0.6 is 11.6 Å². The van der Waals surface area contributed by atoms with Crippen molar-refractivity contribution in [3.8, 4) is 0 Å². The van der Waals surface area contributed by atoms with Crippen molar-refractivity contribution < 1.29 is 22.7 Å². The van der Waals surface area contributed by atoms with E-state index in [1.54, 1.807) is 6.92 Å². The number of aromatic nitrogens is 2. The predicted octanol–water partition coefficient (Wildman–Crippen LogP) is 5.45. The Bertz CT molecular complexity index is 894. The highest BCUT2D eigenvalue weighted by Crippen LogP contribution is 2.43. The van der Waals surface area contributed by atoms with E-state index in [2.05, 4.69) is 15.3 Å². The number of benzene rings is 1. The fraction of sp³-hybridized carbons (Fsp3) is 0.421. The van der Waals surface area contributed by atoms with E-state index < -0.39 is 23.9 Å². The van der Waals surface area contributed by atoms with Gasteiger partial charge in [-0.25, -0.2) is 9.78 Å². The summed E-state index contributed by atoms with van der Waals surface area (Å²) >= 11 is 5.87. The number of carbonyl (C=O) groups excluding carboxylic acids is 1. The lowest BCUT2D eigenvalue weighted by molar-refractivity contribution is -0.137. The zero-order valence-electron chi connectivity index (χ0n) is 15.8. The summed E-state index contributed by atoms with van der Waals surface area (Å²) in [5, 5.41) is 3.27. The highest BCUT2D eigenvalue weighted by molar-refractivity contribution is 6.29. The van der Waals surface area contributed by atoms with Crippen molar-refractivity contribution in [1.29, 1.82) is 0 Å². The van der Waals surface area contributed by atoms with Gasteiger partial charge >= 0.3 is 12.3 Å². The van der Waals surface area contributed by atoms with Gasteiger partial charge in [0.2, 0.25) is 0 Å². The Hall–Kier alpha value is -2.55. The van der Waals surface area contributed by atoms with Crippen molar-refractivity contribution in [2.75, 3.05) is 16.8 Å². The third kappa shape index (κ3) is 4.55. The molecule has 156 valence electrons. The van der Waals surface area contributed by atoms with Crippen LogP contribution < -0.4 is 10.2 Å². The molecule has 10 heteroatoms. The van der Waals surface area contributed by atoms with Crippen LogP contribution in [0.2, 0.25) is 5.15 Å². The van der Waals surface area contributed by atoms with Crippen molar-refractivity contribution >= 4 is 29.2 Å². The van der Waals surface area contributed by atoms with E-state index in [4.69, 9.17) is 16.3 Å². The van der Waals surface area contributed by atoms with Crippen molar-refractivity contribution in [2.24, 2.45) is 0 Å². The summed E-state index contributed by atoms with van der Waals surface area (Å²) in [6.07, 6.45) is -1.32. The molecule has 0 spiro atoms. The van der Waals surface area contributed by atoms with E-state index >= 15 is 0 Å². The summed E-state index contributed by atoms with van der Waals surface area (Å²) < 4.78 is 45.1. The summed E-state index contributed by atoms with van der Waals surface area (Å²) in [7, 11) is 0. The van der Waals surface area contributed by atoms with E-state index in [1.165, 1.54) is 23.4 Å². The number of hydrogen-bond donors (Lipinski definition) is 1. The molecule has 0 aliphatic carbocycles. The zero-order valence-corrected chi connectivity index (χ0v) is 16.6. The van der Waals surface area contributed by atoms with Crippen LogP contribution in [0, 0.1) is 0 Å². The first-order valence-corrected chi connectivity index (χ1v) is 9.53. The summed E-state index contributed by atoms with van der Waals surface area (Å²) in [6.45, 7) is 3.75. The van der Waals surface area contributed by atoms with Gasteiger partial charge in [0.1, 0.15) is 11.0 Å². The monoisotopic (exact) mass is 428 g/mol. The predicted molar refractivity (Wildman–Crippen MR) is 103 cm³/mol. The number of ether oxygens (including phenoxy) is 1. The highest BCUT2D eigenvalue weighted by Gasteiger charge is 2.39. The number of nitrogens with zero attached hydrogens (tertiary/aromatic N) is 3. The molecule has 0 saturated heterocycles. The van der Waals surface area contributed by atoms with Gasteiger partial charge in [-0.05, 0) is 43.5 Å². The van der Waals surface area contributed by atoms with Gasteiger partial charge in [-0.1, -0.05) is 18.5 Å². The molecule has 0 unspecified atom stereocenters. The number of alkyl halides is 3. The second-order valence-corrected chi connectivity index (χ2v) is 6.95. The Morgan fingerprint density at radius 1 is 1.34 bits per heavy atom. The van der Waals surface area contributed by atoms with Gasteiger partial charge in [0.25, 0.3) is 0 Å². The summed E-state index contributed by atoms with van der Waals surface area (Å²) in [5.41, 5.74) is -0.0830. The van der Waals surface area contributed by atoms with Crippen LogP contribution in [0.5, 0.6) is 0 Å². The van der Waals surface area contributed by atoms with Gasteiger partial charge in [-0.3, -0.25) is 9.88 Å². The summed E-state index contributed by atoms with van der Waals surface area (Å²) in [5.74, 6) is 0.338. The largest absolute Gasteiger partial charge is 0.449 e. The summed E-state index contributed by atoms with van der Waals surface area (Å²) in [4.78, 5) is 22.0. The van der Waals surface area contributed by atoms with Crippen LogP contribution in [0.15, 0.2) is 30.6 Å². The number of hydrogen-bond acceptors (Lipinski definition) is 5. The summed E-state index contributed by atoms with van der Waals surface area (Å²) in [6, 6.07) is 2.57. The van der Waals surface area contributed by atoms with Crippen LogP contribution in [0.3, 0.4) is 0 Å². The number of rotatable bonds is 4. The minimum atomic E-state index is -4.51. The molecule has 1 amide bonds. The average Bonchev–Trinajstić information content (AvgIpc) is 2.66. The second kappa shape index (κ2) is 8.44. The fourth-order valence-electron chi connectivity index (χ4n) is 3.45. The molecule has 1 aliphatic heterocycles. The molecule has 1 aromatic heterocycles.